The summed E-state index contributed by atoms with van der Waals surface area (Å²) in [7, 11) is 0. The molecule has 1 aliphatic rings. The van der Waals surface area contributed by atoms with E-state index in [0.29, 0.717) is 13.1 Å². The van der Waals surface area contributed by atoms with E-state index in [9.17, 15) is 0 Å². The minimum Gasteiger partial charge on any atom is -0.309 e. The Morgan fingerprint density at radius 1 is 0.962 bits per heavy atom. The van der Waals surface area contributed by atoms with Crippen molar-refractivity contribution in [1.82, 2.24) is 30.4 Å². The molecule has 0 fully saturated rings. The Morgan fingerprint density at radius 3 is 2.65 bits per heavy atom. The van der Waals surface area contributed by atoms with Crippen molar-refractivity contribution in [3.8, 4) is 0 Å². The number of aromatic nitrogens is 4. The third-order valence-electron chi connectivity index (χ3n) is 4.88. The molecule has 2 heterocycles. The molecule has 0 atom stereocenters. The lowest BCUT2D eigenvalue weighted by Gasteiger charge is -2.28. The topological polar surface area (TPSA) is 58.9 Å². The van der Waals surface area contributed by atoms with Crippen LogP contribution in [-0.2, 0) is 26.1 Å². The summed E-state index contributed by atoms with van der Waals surface area (Å²) < 4.78 is 1.86. The van der Waals surface area contributed by atoms with E-state index in [1.807, 2.05) is 22.9 Å². The van der Waals surface area contributed by atoms with Crippen LogP contribution in [0.5, 0.6) is 0 Å². The first-order valence-corrected chi connectivity index (χ1v) is 9.17. The molecule has 3 aromatic rings. The Morgan fingerprint density at radius 2 is 1.77 bits per heavy atom. The first-order chi connectivity index (χ1) is 12.9. The monoisotopic (exact) mass is 348 g/mol. The molecule has 0 radical (unpaired) electrons. The number of benzene rings is 2. The molecule has 6 heteroatoms. The molecule has 0 aliphatic carbocycles. The van der Waals surface area contributed by atoms with E-state index in [4.69, 9.17) is 0 Å². The standard InChI is InChI=1S/C20H24N6/c1-2-6-17(7-3-1)15-26-20(22-23-24-26)14-21-11-13-25-12-10-18-8-4-5-9-19(18)16-25/h1-9,21H,10-16H2. The van der Waals surface area contributed by atoms with E-state index in [0.717, 1.165) is 38.4 Å². The normalized spacial score (nSPS) is 14.3. The molecule has 0 saturated carbocycles. The van der Waals surface area contributed by atoms with Gasteiger partial charge in [0.2, 0.25) is 0 Å². The van der Waals surface area contributed by atoms with Crippen LogP contribution < -0.4 is 5.32 Å². The summed E-state index contributed by atoms with van der Waals surface area (Å²) in [6, 6.07) is 19.0. The van der Waals surface area contributed by atoms with E-state index in [1.54, 1.807) is 0 Å². The fourth-order valence-corrected chi connectivity index (χ4v) is 3.41. The Hall–Kier alpha value is -2.57. The molecule has 4 rings (SSSR count). The number of tetrazole rings is 1. The molecule has 0 amide bonds. The highest BCUT2D eigenvalue weighted by molar-refractivity contribution is 5.29. The quantitative estimate of drug-likeness (QED) is 0.661. The molecule has 1 N–H and O–H groups in total. The maximum absolute atomic E-state index is 4.15. The van der Waals surface area contributed by atoms with Crippen LogP contribution in [0, 0.1) is 0 Å². The van der Waals surface area contributed by atoms with Gasteiger partial charge in [-0.05, 0) is 33.5 Å². The molecule has 26 heavy (non-hydrogen) atoms. The Kier molecular flexibility index (Phi) is 5.33. The average Bonchev–Trinajstić information content (AvgIpc) is 3.13. The Bertz CT molecular complexity index is 829. The van der Waals surface area contributed by atoms with Crippen LogP contribution in [0.1, 0.15) is 22.5 Å². The SMILES string of the molecule is c1ccc(Cn2nnnc2CNCCN2CCc3ccccc3C2)cc1. The first kappa shape index (κ1) is 16.9. The van der Waals surface area contributed by atoms with Crippen molar-refractivity contribution in [2.24, 2.45) is 0 Å². The van der Waals surface area contributed by atoms with Crippen molar-refractivity contribution in [1.29, 1.82) is 0 Å². The van der Waals surface area contributed by atoms with Gasteiger partial charge in [-0.1, -0.05) is 54.6 Å². The smallest absolute Gasteiger partial charge is 0.165 e. The van der Waals surface area contributed by atoms with Crippen molar-refractivity contribution in [3.63, 3.8) is 0 Å². The van der Waals surface area contributed by atoms with E-state index >= 15 is 0 Å². The van der Waals surface area contributed by atoms with Crippen LogP contribution in [0.4, 0.5) is 0 Å². The van der Waals surface area contributed by atoms with E-state index < -0.39 is 0 Å². The predicted molar refractivity (Wildman–Crippen MR) is 100 cm³/mol. The highest BCUT2D eigenvalue weighted by Crippen LogP contribution is 2.17. The molecule has 0 unspecified atom stereocenters. The van der Waals surface area contributed by atoms with Crippen LogP contribution in [0.25, 0.3) is 0 Å². The van der Waals surface area contributed by atoms with Gasteiger partial charge < -0.3 is 5.32 Å². The zero-order valence-electron chi connectivity index (χ0n) is 14.9. The van der Waals surface area contributed by atoms with Gasteiger partial charge in [-0.15, -0.1) is 5.10 Å². The van der Waals surface area contributed by atoms with Crippen LogP contribution in [-0.4, -0.2) is 44.7 Å². The molecule has 134 valence electrons. The van der Waals surface area contributed by atoms with E-state index in [-0.39, 0.29) is 0 Å². The molecule has 0 bridgehead atoms. The van der Waals surface area contributed by atoms with E-state index in [2.05, 4.69) is 62.1 Å². The highest BCUT2D eigenvalue weighted by atomic mass is 15.5. The summed E-state index contributed by atoms with van der Waals surface area (Å²) >= 11 is 0. The highest BCUT2D eigenvalue weighted by Gasteiger charge is 2.15. The summed E-state index contributed by atoms with van der Waals surface area (Å²) in [5.41, 5.74) is 4.16. The fourth-order valence-electron chi connectivity index (χ4n) is 3.41. The minimum absolute atomic E-state index is 0.685. The van der Waals surface area contributed by atoms with Crippen molar-refractivity contribution >= 4 is 0 Å². The summed E-state index contributed by atoms with van der Waals surface area (Å²) in [4.78, 5) is 2.50. The van der Waals surface area contributed by atoms with Crippen LogP contribution in [0.3, 0.4) is 0 Å². The second-order valence-electron chi connectivity index (χ2n) is 6.71. The predicted octanol–water partition coefficient (Wildman–Crippen LogP) is 1.87. The zero-order valence-corrected chi connectivity index (χ0v) is 14.9. The van der Waals surface area contributed by atoms with Crippen LogP contribution in [0.15, 0.2) is 54.6 Å². The van der Waals surface area contributed by atoms with Crippen molar-refractivity contribution in [2.45, 2.75) is 26.1 Å². The van der Waals surface area contributed by atoms with Crippen molar-refractivity contribution < 1.29 is 0 Å². The molecule has 1 aliphatic heterocycles. The van der Waals surface area contributed by atoms with Gasteiger partial charge in [-0.3, -0.25) is 4.90 Å². The lowest BCUT2D eigenvalue weighted by Crippen LogP contribution is -2.36. The molecule has 2 aromatic carbocycles. The fraction of sp³-hybridized carbons (Fsp3) is 0.350. The molecular formula is C20H24N6. The number of hydrogen-bond acceptors (Lipinski definition) is 5. The molecule has 0 spiro atoms. The third-order valence-corrected chi connectivity index (χ3v) is 4.88. The van der Waals surface area contributed by atoms with Gasteiger partial charge in [-0.2, -0.15) is 0 Å². The summed E-state index contributed by atoms with van der Waals surface area (Å²) in [6.45, 7) is 5.53. The number of hydrogen-bond donors (Lipinski definition) is 1. The molecule has 0 saturated heterocycles. The van der Waals surface area contributed by atoms with Gasteiger partial charge in [-0.25, -0.2) is 4.68 Å². The Labute approximate surface area is 153 Å². The summed E-state index contributed by atoms with van der Waals surface area (Å²) in [5, 5.41) is 15.6. The molecular weight excluding hydrogens is 324 g/mol. The largest absolute Gasteiger partial charge is 0.309 e. The van der Waals surface area contributed by atoms with Gasteiger partial charge in [0.1, 0.15) is 0 Å². The molecule has 6 nitrogen and oxygen atoms in total. The zero-order chi connectivity index (χ0) is 17.6. The minimum atomic E-state index is 0.685. The van der Waals surface area contributed by atoms with Crippen molar-refractivity contribution in [3.05, 3.63) is 77.1 Å². The van der Waals surface area contributed by atoms with Gasteiger partial charge in [0.05, 0.1) is 13.1 Å². The second kappa shape index (κ2) is 8.21. The van der Waals surface area contributed by atoms with Gasteiger partial charge >= 0.3 is 0 Å². The number of fused-ring (bicyclic) bond motifs is 1. The first-order valence-electron chi connectivity index (χ1n) is 9.17. The number of nitrogens with zero attached hydrogens (tertiary/aromatic N) is 5. The maximum atomic E-state index is 4.15. The Balaban J connectivity index is 1.24. The van der Waals surface area contributed by atoms with E-state index in [1.165, 1.54) is 16.7 Å². The summed E-state index contributed by atoms with van der Waals surface area (Å²) in [5.74, 6) is 0.873. The maximum Gasteiger partial charge on any atom is 0.165 e. The van der Waals surface area contributed by atoms with Crippen LogP contribution >= 0.6 is 0 Å². The number of rotatable bonds is 7. The lowest BCUT2D eigenvalue weighted by molar-refractivity contribution is 0.253. The van der Waals surface area contributed by atoms with Crippen molar-refractivity contribution in [2.75, 3.05) is 19.6 Å². The third kappa shape index (κ3) is 4.15. The summed E-state index contributed by atoms with van der Waals surface area (Å²) in [6.07, 6.45) is 1.14. The number of nitrogens with one attached hydrogen (secondary N) is 1. The lowest BCUT2D eigenvalue weighted by atomic mass is 10.00. The van der Waals surface area contributed by atoms with Gasteiger partial charge in [0.15, 0.2) is 5.82 Å². The second-order valence-corrected chi connectivity index (χ2v) is 6.71. The van der Waals surface area contributed by atoms with Gasteiger partial charge in [0.25, 0.3) is 0 Å². The average molecular weight is 348 g/mol. The van der Waals surface area contributed by atoms with Crippen LogP contribution in [0.2, 0.25) is 0 Å². The van der Waals surface area contributed by atoms with Gasteiger partial charge in [0, 0.05) is 26.2 Å². The molecule has 1 aromatic heterocycles.